The molecular formula is C30H49N5O13. The number of hydrogen-bond donors (Lipinski definition) is 10. The van der Waals surface area contributed by atoms with Gasteiger partial charge in [-0.1, -0.05) is 6.58 Å². The molecule has 1 fully saturated rings. The molecule has 0 spiro atoms. The van der Waals surface area contributed by atoms with Crippen LogP contribution in [0.5, 0.6) is 0 Å². The third kappa shape index (κ3) is 15.2. The summed E-state index contributed by atoms with van der Waals surface area (Å²) in [4.78, 5) is 85.6. The zero-order valence-electron chi connectivity index (χ0n) is 27.7. The Morgan fingerprint density at radius 2 is 1.42 bits per heavy atom. The molecule has 4 atom stereocenters. The van der Waals surface area contributed by atoms with E-state index in [1.165, 1.54) is 6.92 Å². The van der Waals surface area contributed by atoms with Crippen molar-refractivity contribution in [1.29, 1.82) is 0 Å². The van der Waals surface area contributed by atoms with E-state index in [9.17, 15) is 59.1 Å². The minimum atomic E-state index is -2.37. The average molecular weight is 688 g/mol. The number of aliphatic hydroxyl groups is 4. The number of rotatable bonds is 18. The molecule has 0 unspecified atom stereocenters. The molecule has 0 bridgehead atoms. The van der Waals surface area contributed by atoms with E-state index in [-0.39, 0.29) is 57.3 Å². The molecule has 18 nitrogen and oxygen atoms in total. The van der Waals surface area contributed by atoms with E-state index in [1.807, 2.05) is 0 Å². The van der Waals surface area contributed by atoms with Gasteiger partial charge in [-0.05, 0) is 53.4 Å². The fourth-order valence-corrected chi connectivity index (χ4v) is 4.52. The van der Waals surface area contributed by atoms with Crippen molar-refractivity contribution < 1.29 is 63.8 Å². The number of carbonyl (C=O) groups is 7. The van der Waals surface area contributed by atoms with E-state index >= 15 is 0 Å². The van der Waals surface area contributed by atoms with E-state index in [0.29, 0.717) is 0 Å². The van der Waals surface area contributed by atoms with Gasteiger partial charge in [0.05, 0.1) is 25.3 Å². The van der Waals surface area contributed by atoms with Crippen LogP contribution in [0.2, 0.25) is 0 Å². The van der Waals surface area contributed by atoms with Gasteiger partial charge in [-0.25, -0.2) is 4.79 Å². The highest BCUT2D eigenvalue weighted by atomic mass is 16.6. The quantitative estimate of drug-likeness (QED) is 0.0388. The Kier molecular flexibility index (Phi) is 16.6. The molecule has 0 aliphatic heterocycles. The molecule has 5 amide bonds. The summed E-state index contributed by atoms with van der Waals surface area (Å²) >= 11 is 0. The normalized spacial score (nSPS) is 21.9. The van der Waals surface area contributed by atoms with Crippen molar-refractivity contribution in [2.75, 3.05) is 19.6 Å². The number of unbranched alkanes of at least 4 members (excludes halogenated alkanes) is 1. The molecule has 0 aromatic heterocycles. The zero-order chi connectivity index (χ0) is 36.8. The Bertz CT molecular complexity index is 1190. The van der Waals surface area contributed by atoms with Crippen molar-refractivity contribution in [2.24, 2.45) is 0 Å². The maximum atomic E-state index is 13.2. The first-order valence-corrected chi connectivity index (χ1v) is 15.4. The van der Waals surface area contributed by atoms with Crippen molar-refractivity contribution >= 4 is 41.5 Å². The zero-order valence-corrected chi connectivity index (χ0v) is 27.7. The van der Waals surface area contributed by atoms with Gasteiger partial charge in [-0.15, -0.1) is 0 Å². The first-order valence-electron chi connectivity index (χ1n) is 15.4. The third-order valence-electron chi connectivity index (χ3n) is 7.08. The molecule has 1 saturated carbocycles. The molecule has 0 radical (unpaired) electrons. The van der Waals surface area contributed by atoms with Gasteiger partial charge in [0, 0.05) is 31.4 Å². The SMILES string of the molecule is C=C(C)C(=O)NCC(=O)NCC(=O)NCCCC[C@H](NC(=O)C1(O)C[C@H](O)C(O)[C@@H](O)C1)C(=O)N[C@@H](CCC(=O)OC(C)(C)C)C(=O)O. The Morgan fingerprint density at radius 3 is 1.96 bits per heavy atom. The van der Waals surface area contributed by atoms with Gasteiger partial charge in [0.1, 0.15) is 29.4 Å². The van der Waals surface area contributed by atoms with Crippen LogP contribution >= 0.6 is 0 Å². The van der Waals surface area contributed by atoms with Gasteiger partial charge in [0.25, 0.3) is 5.91 Å². The molecule has 10 N–H and O–H groups in total. The molecular weight excluding hydrogens is 638 g/mol. The Balaban J connectivity index is 2.83. The highest BCUT2D eigenvalue weighted by Gasteiger charge is 2.49. The van der Waals surface area contributed by atoms with Crippen molar-refractivity contribution in [3.8, 4) is 0 Å². The number of carboxylic acid groups (broad SMARTS) is 1. The van der Waals surface area contributed by atoms with Crippen LogP contribution in [0.25, 0.3) is 0 Å². The second kappa shape index (κ2) is 19.0. The lowest BCUT2D eigenvalue weighted by Crippen LogP contribution is -2.62. The first-order chi connectivity index (χ1) is 22.1. The second-order valence-corrected chi connectivity index (χ2v) is 12.7. The van der Waals surface area contributed by atoms with E-state index in [1.54, 1.807) is 20.8 Å². The van der Waals surface area contributed by atoms with Crippen molar-refractivity contribution in [1.82, 2.24) is 26.6 Å². The molecule has 272 valence electrons. The standard InChI is InChI=1S/C30H49N5O13/c1-16(2)25(42)33-15-22(39)32-14-21(38)31-11-7-6-8-17(35-28(46)30(47)12-19(36)24(41)20(37)13-30)26(43)34-18(27(44)45)9-10-23(40)48-29(3,4)5/h17-20,24,36-37,41,47H,1,6-15H2,2-5H3,(H,31,38)(H,32,39)(H,33,42)(H,34,43)(H,35,46)(H,44,45)/t17-,18-,19-,20-,24?,30?/m0/s1. The Hall–Kier alpha value is -4.13. The maximum absolute atomic E-state index is 13.2. The van der Waals surface area contributed by atoms with E-state index < -0.39 is 95.9 Å². The minimum absolute atomic E-state index is 0.0806. The van der Waals surface area contributed by atoms with Crippen molar-refractivity contribution in [2.45, 2.75) is 114 Å². The van der Waals surface area contributed by atoms with Gasteiger partial charge in [0.15, 0.2) is 0 Å². The highest BCUT2D eigenvalue weighted by Crippen LogP contribution is 2.29. The summed E-state index contributed by atoms with van der Waals surface area (Å²) in [6.45, 7) is 9.14. The first kappa shape index (κ1) is 41.9. The van der Waals surface area contributed by atoms with Gasteiger partial charge < -0.3 is 56.9 Å². The summed E-state index contributed by atoms with van der Waals surface area (Å²) in [6.07, 6.45) is -6.57. The largest absolute Gasteiger partial charge is 0.480 e. The number of hydrogen-bond acceptors (Lipinski definition) is 12. The number of aliphatic hydroxyl groups excluding tert-OH is 3. The molecule has 18 heteroatoms. The summed E-state index contributed by atoms with van der Waals surface area (Å²) in [6, 6.07) is -2.99. The molecule has 1 rings (SSSR count). The van der Waals surface area contributed by atoms with E-state index in [4.69, 9.17) is 4.74 Å². The van der Waals surface area contributed by atoms with E-state index in [0.717, 1.165) is 0 Å². The number of amides is 5. The highest BCUT2D eigenvalue weighted by molar-refractivity contribution is 5.95. The van der Waals surface area contributed by atoms with Crippen LogP contribution < -0.4 is 26.6 Å². The van der Waals surface area contributed by atoms with Crippen LogP contribution in [-0.4, -0.2) is 128 Å². The monoisotopic (exact) mass is 687 g/mol. The van der Waals surface area contributed by atoms with Crippen LogP contribution in [0.15, 0.2) is 12.2 Å². The second-order valence-electron chi connectivity index (χ2n) is 12.7. The fourth-order valence-electron chi connectivity index (χ4n) is 4.52. The lowest BCUT2D eigenvalue weighted by molar-refractivity contribution is -0.173. The van der Waals surface area contributed by atoms with Crippen molar-refractivity contribution in [3.05, 3.63) is 12.2 Å². The summed E-state index contributed by atoms with van der Waals surface area (Å²) in [7, 11) is 0. The molecule has 0 heterocycles. The number of ether oxygens (including phenoxy) is 1. The lowest BCUT2D eigenvalue weighted by atomic mass is 9.79. The summed E-state index contributed by atoms with van der Waals surface area (Å²) in [5, 5.41) is 62.1. The van der Waals surface area contributed by atoms with Crippen LogP contribution in [0.3, 0.4) is 0 Å². The van der Waals surface area contributed by atoms with E-state index in [2.05, 4.69) is 33.2 Å². The topological polar surface area (TPSA) is 290 Å². The predicted molar refractivity (Wildman–Crippen MR) is 166 cm³/mol. The third-order valence-corrected chi connectivity index (χ3v) is 7.08. The van der Waals surface area contributed by atoms with Crippen LogP contribution in [0.4, 0.5) is 0 Å². The number of esters is 1. The molecule has 0 aromatic rings. The number of carboxylic acids is 1. The molecule has 48 heavy (non-hydrogen) atoms. The van der Waals surface area contributed by atoms with Gasteiger partial charge >= 0.3 is 11.9 Å². The molecule has 0 saturated heterocycles. The molecule has 1 aliphatic rings. The molecule has 0 aromatic carbocycles. The summed E-state index contributed by atoms with van der Waals surface area (Å²) in [5.74, 6) is -5.95. The predicted octanol–water partition coefficient (Wildman–Crippen LogP) is -3.13. The summed E-state index contributed by atoms with van der Waals surface area (Å²) in [5.41, 5.74) is -2.98. The van der Waals surface area contributed by atoms with Crippen molar-refractivity contribution in [3.63, 3.8) is 0 Å². The maximum Gasteiger partial charge on any atom is 0.326 e. The van der Waals surface area contributed by atoms with Crippen LogP contribution in [-0.2, 0) is 38.3 Å². The van der Waals surface area contributed by atoms with Crippen LogP contribution in [0, 0.1) is 0 Å². The number of carbonyl (C=O) groups excluding carboxylic acids is 6. The number of nitrogens with one attached hydrogen (secondary N) is 5. The van der Waals surface area contributed by atoms with Gasteiger partial charge in [-0.2, -0.15) is 0 Å². The molecule has 1 aliphatic carbocycles. The van der Waals surface area contributed by atoms with Gasteiger partial charge in [0.2, 0.25) is 23.6 Å². The fraction of sp³-hybridized carbons (Fsp3) is 0.700. The average Bonchev–Trinajstić information content (AvgIpc) is 2.97. The Labute approximate surface area is 278 Å². The minimum Gasteiger partial charge on any atom is -0.480 e. The summed E-state index contributed by atoms with van der Waals surface area (Å²) < 4.78 is 5.17. The number of aliphatic carboxylic acids is 1. The Morgan fingerprint density at radius 1 is 0.854 bits per heavy atom. The lowest BCUT2D eigenvalue weighted by Gasteiger charge is -2.39. The van der Waals surface area contributed by atoms with Crippen LogP contribution in [0.1, 0.15) is 72.6 Å². The smallest absolute Gasteiger partial charge is 0.326 e. The van der Waals surface area contributed by atoms with Gasteiger partial charge in [-0.3, -0.25) is 28.8 Å².